The molecule has 1 saturated heterocycles. The van der Waals surface area contributed by atoms with Gasteiger partial charge in [0, 0.05) is 24.7 Å². The molecule has 34 heavy (non-hydrogen) atoms. The molecule has 0 aromatic heterocycles. The lowest BCUT2D eigenvalue weighted by Crippen LogP contribution is -2.43. The van der Waals surface area contributed by atoms with Gasteiger partial charge in [-0.1, -0.05) is 12.1 Å². The van der Waals surface area contributed by atoms with Gasteiger partial charge in [0.15, 0.2) is 6.61 Å². The fourth-order valence-corrected chi connectivity index (χ4v) is 4.28. The summed E-state index contributed by atoms with van der Waals surface area (Å²) in [6.45, 7) is 0.629. The van der Waals surface area contributed by atoms with Gasteiger partial charge in [-0.15, -0.1) is 0 Å². The van der Waals surface area contributed by atoms with Gasteiger partial charge >= 0.3 is 5.97 Å². The van der Waals surface area contributed by atoms with Gasteiger partial charge in [0.1, 0.15) is 5.82 Å². The minimum absolute atomic E-state index is 0.130. The molecule has 1 aliphatic rings. The van der Waals surface area contributed by atoms with Crippen molar-refractivity contribution in [1.29, 1.82) is 0 Å². The van der Waals surface area contributed by atoms with Gasteiger partial charge in [0.2, 0.25) is 10.0 Å². The first kappa shape index (κ1) is 25.0. The summed E-state index contributed by atoms with van der Waals surface area (Å²) in [6, 6.07) is 10.6. The minimum Gasteiger partial charge on any atom is -0.452 e. The van der Waals surface area contributed by atoms with Crippen molar-refractivity contribution in [1.82, 2.24) is 15.2 Å². The zero-order chi connectivity index (χ0) is 24.6. The number of benzene rings is 2. The number of hydrogen-bond donors (Lipinski definition) is 2. The lowest BCUT2D eigenvalue weighted by atomic mass is 10.2. The molecular weight excluding hydrogens is 469 g/mol. The normalized spacial score (nSPS) is 14.5. The van der Waals surface area contributed by atoms with Crippen LogP contribution in [0.5, 0.6) is 0 Å². The van der Waals surface area contributed by atoms with Crippen LogP contribution in [0.4, 0.5) is 4.39 Å². The van der Waals surface area contributed by atoms with Crippen LogP contribution < -0.4 is 10.9 Å². The van der Waals surface area contributed by atoms with Crippen LogP contribution in [0.1, 0.15) is 15.9 Å². The Hall–Kier alpha value is -3.61. The monoisotopic (exact) mass is 491 g/mol. The summed E-state index contributed by atoms with van der Waals surface area (Å²) in [7, 11) is -3.61. The van der Waals surface area contributed by atoms with Crippen molar-refractivity contribution in [3.05, 3.63) is 71.6 Å². The Balaban J connectivity index is 1.44. The number of esters is 1. The average molecular weight is 491 g/mol. The first-order chi connectivity index (χ1) is 16.3. The first-order valence-corrected chi connectivity index (χ1v) is 11.6. The summed E-state index contributed by atoms with van der Waals surface area (Å²) in [5.41, 5.74) is 4.86. The second kappa shape index (κ2) is 11.5. The number of ether oxygens (including phenoxy) is 2. The fourth-order valence-electron chi connectivity index (χ4n) is 2.87. The maximum atomic E-state index is 12.9. The average Bonchev–Trinajstić information content (AvgIpc) is 2.86. The topological polar surface area (TPSA) is 131 Å². The molecule has 0 aliphatic carbocycles. The Kier molecular flexibility index (Phi) is 8.46. The maximum Gasteiger partial charge on any atom is 0.331 e. The van der Waals surface area contributed by atoms with Gasteiger partial charge in [0.05, 0.1) is 18.1 Å². The Morgan fingerprint density at radius 1 is 1.00 bits per heavy atom. The maximum absolute atomic E-state index is 12.9. The lowest BCUT2D eigenvalue weighted by molar-refractivity contribution is -0.144. The van der Waals surface area contributed by atoms with Gasteiger partial charge < -0.3 is 9.47 Å². The molecule has 0 spiro atoms. The zero-order valence-corrected chi connectivity index (χ0v) is 18.7. The highest BCUT2D eigenvalue weighted by atomic mass is 32.2. The Bertz CT molecular complexity index is 1160. The van der Waals surface area contributed by atoms with Gasteiger partial charge in [-0.3, -0.25) is 20.4 Å². The number of hydrazine groups is 1. The third-order valence-corrected chi connectivity index (χ3v) is 6.58. The van der Waals surface area contributed by atoms with Crippen LogP contribution in [0.2, 0.25) is 0 Å². The lowest BCUT2D eigenvalue weighted by Gasteiger charge is -2.26. The predicted molar refractivity (Wildman–Crippen MR) is 118 cm³/mol. The van der Waals surface area contributed by atoms with E-state index < -0.39 is 40.2 Å². The molecule has 180 valence electrons. The standard InChI is InChI=1S/C22H22FN3O7S/c23-18-6-4-17(5-7-18)22(29)25-24-20(27)15-33-21(28)10-3-16-1-8-19(9-2-16)34(30,31)26-11-13-32-14-12-26/h1-10H,11-15H2,(H,24,27)(H,25,29)/b10-3+. The summed E-state index contributed by atoms with van der Waals surface area (Å²) in [6.07, 6.45) is 2.48. The van der Waals surface area contributed by atoms with Crippen LogP contribution in [0, 0.1) is 5.82 Å². The van der Waals surface area contributed by atoms with Crippen molar-refractivity contribution in [2.24, 2.45) is 0 Å². The molecular formula is C22H22FN3O7S. The number of nitrogens with zero attached hydrogens (tertiary/aromatic N) is 1. The summed E-state index contributed by atoms with van der Waals surface area (Å²) >= 11 is 0. The molecule has 0 unspecified atom stereocenters. The van der Waals surface area contributed by atoms with Crippen LogP contribution in [-0.2, 0) is 29.1 Å². The molecule has 1 fully saturated rings. The summed E-state index contributed by atoms with van der Waals surface area (Å²) in [4.78, 5) is 35.5. The van der Waals surface area contributed by atoms with Crippen molar-refractivity contribution in [2.75, 3.05) is 32.9 Å². The Labute approximate surface area is 195 Å². The Morgan fingerprint density at radius 2 is 1.65 bits per heavy atom. The fraction of sp³-hybridized carbons (Fsp3) is 0.227. The van der Waals surface area contributed by atoms with Crippen LogP contribution in [0.3, 0.4) is 0 Å². The van der Waals surface area contributed by atoms with E-state index >= 15 is 0 Å². The van der Waals surface area contributed by atoms with Crippen molar-refractivity contribution < 1.29 is 36.7 Å². The number of morpholine rings is 1. The van der Waals surface area contributed by atoms with Crippen molar-refractivity contribution >= 4 is 33.9 Å². The molecule has 0 atom stereocenters. The SMILES string of the molecule is O=C(COC(=O)/C=C/c1ccc(S(=O)(=O)N2CCOCC2)cc1)NNC(=O)c1ccc(F)cc1. The Morgan fingerprint density at radius 3 is 2.29 bits per heavy atom. The molecule has 10 nitrogen and oxygen atoms in total. The van der Waals surface area contributed by atoms with E-state index in [2.05, 4.69) is 10.9 Å². The van der Waals surface area contributed by atoms with E-state index in [9.17, 15) is 27.2 Å². The molecule has 1 aliphatic heterocycles. The smallest absolute Gasteiger partial charge is 0.331 e. The van der Waals surface area contributed by atoms with Crippen molar-refractivity contribution in [3.63, 3.8) is 0 Å². The largest absolute Gasteiger partial charge is 0.452 e. The number of halogens is 1. The van der Waals surface area contributed by atoms with Crippen LogP contribution in [-0.4, -0.2) is 63.4 Å². The highest BCUT2D eigenvalue weighted by molar-refractivity contribution is 7.89. The third-order valence-electron chi connectivity index (χ3n) is 4.67. The molecule has 2 N–H and O–H groups in total. The molecule has 0 radical (unpaired) electrons. The molecule has 0 bridgehead atoms. The second-order valence-electron chi connectivity index (χ2n) is 7.04. The van der Waals surface area contributed by atoms with E-state index in [0.717, 1.165) is 18.2 Å². The van der Waals surface area contributed by atoms with Crippen molar-refractivity contribution in [2.45, 2.75) is 4.90 Å². The second-order valence-corrected chi connectivity index (χ2v) is 8.97. The number of carbonyl (C=O) groups is 3. The van der Waals surface area contributed by atoms with Gasteiger partial charge in [0.25, 0.3) is 11.8 Å². The molecule has 2 aromatic rings. The van der Waals surface area contributed by atoms with Gasteiger partial charge in [-0.05, 0) is 48.0 Å². The predicted octanol–water partition coefficient (Wildman–Crippen LogP) is 0.864. The quantitative estimate of drug-likeness (QED) is 0.334. The molecule has 12 heteroatoms. The van der Waals surface area contributed by atoms with E-state index in [1.165, 1.54) is 46.8 Å². The first-order valence-electron chi connectivity index (χ1n) is 10.1. The van der Waals surface area contributed by atoms with E-state index in [-0.39, 0.29) is 10.5 Å². The summed E-state index contributed by atoms with van der Waals surface area (Å²) in [5.74, 6) is -2.77. The molecule has 3 rings (SSSR count). The van der Waals surface area contributed by atoms with E-state index in [1.54, 1.807) is 0 Å². The third kappa shape index (κ3) is 6.94. The number of sulfonamides is 1. The highest BCUT2D eigenvalue weighted by Gasteiger charge is 2.25. The van der Waals surface area contributed by atoms with Gasteiger partial charge in [-0.25, -0.2) is 17.6 Å². The molecule has 2 aromatic carbocycles. The summed E-state index contributed by atoms with van der Waals surface area (Å²) in [5, 5.41) is 0. The number of hydrogen-bond acceptors (Lipinski definition) is 7. The van der Waals surface area contributed by atoms with E-state index in [0.29, 0.717) is 31.9 Å². The summed E-state index contributed by atoms with van der Waals surface area (Å²) < 4.78 is 49.4. The number of nitrogens with one attached hydrogen (secondary N) is 2. The number of rotatable bonds is 7. The van der Waals surface area contributed by atoms with Crippen LogP contribution in [0.25, 0.3) is 6.08 Å². The van der Waals surface area contributed by atoms with E-state index in [1.807, 2.05) is 0 Å². The van der Waals surface area contributed by atoms with Gasteiger partial charge in [-0.2, -0.15) is 4.31 Å². The minimum atomic E-state index is -3.61. The number of carbonyl (C=O) groups excluding carboxylic acids is 3. The van der Waals surface area contributed by atoms with E-state index in [4.69, 9.17) is 9.47 Å². The zero-order valence-electron chi connectivity index (χ0n) is 17.9. The van der Waals surface area contributed by atoms with Crippen molar-refractivity contribution in [3.8, 4) is 0 Å². The van der Waals surface area contributed by atoms with Crippen LogP contribution in [0.15, 0.2) is 59.5 Å². The van der Waals surface area contributed by atoms with Crippen LogP contribution >= 0.6 is 0 Å². The molecule has 0 saturated carbocycles. The number of amides is 2. The molecule has 1 heterocycles. The highest BCUT2D eigenvalue weighted by Crippen LogP contribution is 2.18. The molecule has 2 amide bonds.